The third-order valence-corrected chi connectivity index (χ3v) is 8.04. The molecule has 0 amide bonds. The van der Waals surface area contributed by atoms with Crippen LogP contribution in [0.5, 0.6) is 11.5 Å². The Labute approximate surface area is 289 Å². The molecular formula is C34H44Br2N8O2. The molecule has 3 aromatic rings. The van der Waals surface area contributed by atoms with Crippen molar-refractivity contribution < 1.29 is 9.47 Å². The van der Waals surface area contributed by atoms with Crippen LogP contribution < -0.4 is 21.2 Å². The van der Waals surface area contributed by atoms with Crippen LogP contribution in [0.1, 0.15) is 22.3 Å². The molecule has 0 bridgehead atoms. The number of hydrazone groups is 2. The highest BCUT2D eigenvalue weighted by molar-refractivity contribution is 9.10. The van der Waals surface area contributed by atoms with Crippen LogP contribution in [0.2, 0.25) is 0 Å². The van der Waals surface area contributed by atoms with E-state index in [9.17, 15) is 0 Å². The Morgan fingerprint density at radius 3 is 1.48 bits per heavy atom. The van der Waals surface area contributed by atoms with Crippen molar-refractivity contribution in [2.75, 3.05) is 67.6 Å². The zero-order valence-corrected chi connectivity index (χ0v) is 30.2. The second-order valence-corrected chi connectivity index (χ2v) is 12.7. The minimum Gasteiger partial charge on any atom is -0.491 e. The van der Waals surface area contributed by atoms with Crippen molar-refractivity contribution in [3.8, 4) is 11.5 Å². The number of ether oxygens (including phenoxy) is 2. The Morgan fingerprint density at radius 2 is 1.11 bits per heavy atom. The lowest BCUT2D eigenvalue weighted by Gasteiger charge is -2.12. The highest BCUT2D eigenvalue weighted by Gasteiger charge is 2.08. The zero-order valence-electron chi connectivity index (χ0n) is 27.0. The van der Waals surface area contributed by atoms with Crippen LogP contribution in [0.15, 0.2) is 89.8 Å². The maximum absolute atomic E-state index is 5.85. The predicted molar refractivity (Wildman–Crippen MR) is 198 cm³/mol. The summed E-state index contributed by atoms with van der Waals surface area (Å²) in [6, 6.07) is 19.9. The summed E-state index contributed by atoms with van der Waals surface area (Å²) in [4.78, 5) is 13.3. The first-order valence-electron chi connectivity index (χ1n) is 15.0. The van der Waals surface area contributed by atoms with Gasteiger partial charge in [0.1, 0.15) is 36.1 Å². The molecule has 4 N–H and O–H groups in total. The van der Waals surface area contributed by atoms with Crippen molar-refractivity contribution in [3.05, 3.63) is 91.9 Å². The van der Waals surface area contributed by atoms with Gasteiger partial charge in [-0.05, 0) is 114 Å². The number of nitrogens with zero attached hydrogens (tertiary/aromatic N) is 6. The third kappa shape index (κ3) is 12.7. The maximum Gasteiger partial charge on any atom is 0.133 e. The summed E-state index contributed by atoms with van der Waals surface area (Å²) in [6.07, 6.45) is 4.90. The Balaban J connectivity index is 1.53. The highest BCUT2D eigenvalue weighted by Crippen LogP contribution is 2.27. The molecule has 3 rings (SSSR count). The number of rotatable bonds is 18. The van der Waals surface area contributed by atoms with Gasteiger partial charge in [-0.15, -0.1) is 0 Å². The van der Waals surface area contributed by atoms with E-state index in [0.717, 1.165) is 68.6 Å². The Bertz CT molecular complexity index is 1410. The molecule has 12 heteroatoms. The van der Waals surface area contributed by atoms with Gasteiger partial charge in [-0.1, -0.05) is 30.3 Å². The summed E-state index contributed by atoms with van der Waals surface area (Å²) in [7, 11) is 8.09. The van der Waals surface area contributed by atoms with Gasteiger partial charge in [0.2, 0.25) is 0 Å². The van der Waals surface area contributed by atoms with Crippen LogP contribution in [0.4, 0.5) is 0 Å². The van der Waals surface area contributed by atoms with Gasteiger partial charge in [-0.25, -0.2) is 0 Å². The van der Waals surface area contributed by atoms with Gasteiger partial charge in [0, 0.05) is 49.7 Å². The Kier molecular flexibility index (Phi) is 15.9. The first-order valence-corrected chi connectivity index (χ1v) is 16.6. The number of nitrogens with two attached hydrogens (primary N) is 2. The van der Waals surface area contributed by atoms with Crippen LogP contribution in [0, 0.1) is 0 Å². The molecule has 0 aliphatic heterocycles. The van der Waals surface area contributed by atoms with Gasteiger partial charge in [-0.2, -0.15) is 10.2 Å². The molecule has 3 aromatic carbocycles. The largest absolute Gasteiger partial charge is 0.491 e. The van der Waals surface area contributed by atoms with Crippen LogP contribution in [-0.4, -0.2) is 101 Å². The smallest absolute Gasteiger partial charge is 0.133 e. The molecular weight excluding hydrogens is 712 g/mol. The van der Waals surface area contributed by atoms with Crippen molar-refractivity contribution in [1.82, 2.24) is 9.80 Å². The zero-order chi connectivity index (χ0) is 33.3. The average Bonchev–Trinajstić information content (AvgIpc) is 3.03. The third-order valence-electron chi connectivity index (χ3n) is 6.80. The number of likely N-dealkylation sites (N-methyl/N-ethyl adjacent to an activating group) is 2. The fourth-order valence-corrected chi connectivity index (χ4v) is 5.28. The molecule has 0 saturated carbocycles. The van der Waals surface area contributed by atoms with E-state index < -0.39 is 0 Å². The summed E-state index contributed by atoms with van der Waals surface area (Å²) < 4.78 is 13.6. The van der Waals surface area contributed by atoms with Crippen molar-refractivity contribution in [3.63, 3.8) is 0 Å². The number of benzene rings is 3. The fourth-order valence-electron chi connectivity index (χ4n) is 4.20. The quantitative estimate of drug-likeness (QED) is 0.106. The minimum absolute atomic E-state index is 0.556. The second-order valence-electron chi connectivity index (χ2n) is 11.0. The van der Waals surface area contributed by atoms with Gasteiger partial charge in [-0.3, -0.25) is 9.98 Å². The molecule has 10 nitrogen and oxygen atoms in total. The molecule has 46 heavy (non-hydrogen) atoms. The van der Waals surface area contributed by atoms with Gasteiger partial charge >= 0.3 is 0 Å². The molecule has 0 saturated heterocycles. The number of hydrogen-bond acceptors (Lipinski definition) is 10. The predicted octanol–water partition coefficient (Wildman–Crippen LogP) is 5.05. The van der Waals surface area contributed by atoms with Gasteiger partial charge in [0.25, 0.3) is 0 Å². The van der Waals surface area contributed by atoms with E-state index in [1.807, 2.05) is 64.6 Å². The van der Waals surface area contributed by atoms with Crippen molar-refractivity contribution in [2.24, 2.45) is 31.9 Å². The summed E-state index contributed by atoms with van der Waals surface area (Å²) in [5, 5.41) is 7.92. The van der Waals surface area contributed by atoms with E-state index >= 15 is 0 Å². The van der Waals surface area contributed by atoms with E-state index in [2.05, 4.69) is 86.1 Å². The number of hydrogen-bond donors (Lipinski definition) is 2. The van der Waals surface area contributed by atoms with Crippen LogP contribution in [0.3, 0.4) is 0 Å². The molecule has 0 spiro atoms. The van der Waals surface area contributed by atoms with Crippen molar-refractivity contribution >= 4 is 55.7 Å². The van der Waals surface area contributed by atoms with Gasteiger partial charge in [0.15, 0.2) is 0 Å². The first kappa shape index (κ1) is 36.9. The molecule has 0 unspecified atom stereocenters. The first-order chi connectivity index (χ1) is 22.2. The normalized spacial score (nSPS) is 12.6. The Hall–Kier alpha value is -3.58. The lowest BCUT2D eigenvalue weighted by atomic mass is 10.0. The molecule has 0 aliphatic carbocycles. The summed E-state index contributed by atoms with van der Waals surface area (Å²) in [6.45, 7) is 4.13. The van der Waals surface area contributed by atoms with E-state index in [0.29, 0.717) is 37.7 Å². The SMILES string of the molecule is CN(C)CCOc1ccc(CCN=CC(=NN)c2cccc(C(C=NCCc3ccc(OCCN(C)C)c(Br)c3)=NN)c2)cc1Br. The lowest BCUT2D eigenvalue weighted by molar-refractivity contribution is 0.260. The van der Waals surface area contributed by atoms with E-state index in [1.54, 1.807) is 12.4 Å². The van der Waals surface area contributed by atoms with Crippen LogP contribution in [-0.2, 0) is 12.8 Å². The minimum atomic E-state index is 0.556. The van der Waals surface area contributed by atoms with Gasteiger partial charge < -0.3 is 31.0 Å². The standard InChI is InChI=1S/C34H44Br2N8O2/c1-43(2)16-18-45-33-10-8-25(20-29(33)35)12-14-39-23-31(41-37)27-6-5-7-28(22-27)32(42-38)24-40-15-13-26-9-11-34(30(36)21-26)46-19-17-44(3)4/h5-11,20-24H,12-19,37-38H2,1-4H3. The molecule has 0 atom stereocenters. The van der Waals surface area contributed by atoms with E-state index in [1.165, 1.54) is 0 Å². The molecule has 0 fully saturated rings. The summed E-state index contributed by atoms with van der Waals surface area (Å²) in [5.41, 5.74) is 5.02. The fraction of sp³-hybridized carbons (Fsp3) is 0.353. The van der Waals surface area contributed by atoms with Crippen LogP contribution in [0.25, 0.3) is 0 Å². The molecule has 246 valence electrons. The summed E-state index contributed by atoms with van der Waals surface area (Å²) >= 11 is 7.22. The number of halogens is 2. The Morgan fingerprint density at radius 1 is 0.674 bits per heavy atom. The lowest BCUT2D eigenvalue weighted by Crippen LogP contribution is -2.19. The maximum atomic E-state index is 5.85. The van der Waals surface area contributed by atoms with E-state index in [-0.39, 0.29) is 0 Å². The van der Waals surface area contributed by atoms with Crippen molar-refractivity contribution in [2.45, 2.75) is 12.8 Å². The molecule has 0 heterocycles. The average molecular weight is 757 g/mol. The monoisotopic (exact) mass is 754 g/mol. The van der Waals surface area contributed by atoms with Crippen LogP contribution >= 0.6 is 31.9 Å². The second kappa shape index (κ2) is 19.8. The molecule has 0 aliphatic rings. The van der Waals surface area contributed by atoms with Gasteiger partial charge in [0.05, 0.1) is 8.95 Å². The molecule has 0 aromatic heterocycles. The van der Waals surface area contributed by atoms with E-state index in [4.69, 9.17) is 21.2 Å². The highest BCUT2D eigenvalue weighted by atomic mass is 79.9. The summed E-state index contributed by atoms with van der Waals surface area (Å²) in [5.74, 6) is 13.1. The topological polar surface area (TPSA) is 126 Å². The van der Waals surface area contributed by atoms with Crippen molar-refractivity contribution in [1.29, 1.82) is 0 Å². The number of aliphatic imine (C=N–C) groups is 2. The molecule has 0 radical (unpaired) electrons.